The molecule has 1 atom stereocenters. The van der Waals surface area contributed by atoms with Crippen molar-refractivity contribution in [3.8, 4) is 0 Å². The number of hydrogen-bond donors (Lipinski definition) is 3. The van der Waals surface area contributed by atoms with Crippen molar-refractivity contribution >= 4 is 17.3 Å². The average Bonchev–Trinajstić information content (AvgIpc) is 2.47. The van der Waals surface area contributed by atoms with Gasteiger partial charge in [0, 0.05) is 25.3 Å². The van der Waals surface area contributed by atoms with Crippen LogP contribution in [0.1, 0.15) is 30.1 Å². The van der Waals surface area contributed by atoms with Crippen LogP contribution in [0.5, 0.6) is 0 Å². The monoisotopic (exact) mass is 277 g/mol. The fourth-order valence-electron chi connectivity index (χ4n) is 2.35. The molecule has 1 unspecified atom stereocenters. The molecule has 4 N–H and O–H groups in total. The largest absolute Gasteiger partial charge is 0.397 e. The summed E-state index contributed by atoms with van der Waals surface area (Å²) in [6.07, 6.45) is 2.31. The second-order valence-electron chi connectivity index (χ2n) is 5.13. The van der Waals surface area contributed by atoms with Crippen LogP contribution in [0.2, 0.25) is 0 Å². The maximum Gasteiger partial charge on any atom is 0.251 e. The van der Waals surface area contributed by atoms with Crippen LogP contribution >= 0.6 is 0 Å². The summed E-state index contributed by atoms with van der Waals surface area (Å²) in [6, 6.07) is 5.37. The number of nitrogens with two attached hydrogens (primary N) is 1. The fraction of sp³-hybridized carbons (Fsp3) is 0.533. The first kappa shape index (κ1) is 14.7. The first-order chi connectivity index (χ1) is 9.70. The summed E-state index contributed by atoms with van der Waals surface area (Å²) in [5.74, 6) is 0.442. The molecule has 1 fully saturated rings. The maximum atomic E-state index is 11.7. The summed E-state index contributed by atoms with van der Waals surface area (Å²) >= 11 is 0. The van der Waals surface area contributed by atoms with Gasteiger partial charge in [0.15, 0.2) is 0 Å². The normalized spacial score (nSPS) is 18.6. The van der Waals surface area contributed by atoms with E-state index in [0.29, 0.717) is 23.7 Å². The Hall–Kier alpha value is -1.75. The molecule has 0 spiro atoms. The van der Waals surface area contributed by atoms with Crippen LogP contribution in [-0.2, 0) is 4.74 Å². The van der Waals surface area contributed by atoms with Crippen LogP contribution < -0.4 is 16.4 Å². The van der Waals surface area contributed by atoms with Crippen molar-refractivity contribution < 1.29 is 9.53 Å². The number of ether oxygens (including phenoxy) is 1. The molecular weight excluding hydrogens is 254 g/mol. The number of nitrogen functional groups attached to an aromatic ring is 1. The lowest BCUT2D eigenvalue weighted by Crippen LogP contribution is -2.25. The van der Waals surface area contributed by atoms with Gasteiger partial charge in [0.25, 0.3) is 5.91 Å². The highest BCUT2D eigenvalue weighted by atomic mass is 16.5. The lowest BCUT2D eigenvalue weighted by molar-refractivity contribution is 0.0595. The number of anilines is 2. The Bertz CT molecular complexity index is 456. The number of benzene rings is 1. The van der Waals surface area contributed by atoms with Crippen molar-refractivity contribution in [3.05, 3.63) is 23.8 Å². The van der Waals surface area contributed by atoms with Gasteiger partial charge in [-0.2, -0.15) is 0 Å². The number of rotatable bonds is 5. The topological polar surface area (TPSA) is 76.4 Å². The van der Waals surface area contributed by atoms with Crippen LogP contribution in [0.3, 0.4) is 0 Å². The van der Waals surface area contributed by atoms with E-state index in [-0.39, 0.29) is 5.91 Å². The van der Waals surface area contributed by atoms with Gasteiger partial charge in [-0.25, -0.2) is 0 Å². The van der Waals surface area contributed by atoms with Gasteiger partial charge < -0.3 is 21.1 Å². The first-order valence-electron chi connectivity index (χ1n) is 7.20. The van der Waals surface area contributed by atoms with Gasteiger partial charge >= 0.3 is 0 Å². The van der Waals surface area contributed by atoms with Crippen molar-refractivity contribution in [3.63, 3.8) is 0 Å². The lowest BCUT2D eigenvalue weighted by Gasteiger charge is -2.23. The molecular formula is C15H23N3O2. The second-order valence-corrected chi connectivity index (χ2v) is 5.13. The van der Waals surface area contributed by atoms with Crippen LogP contribution in [0, 0.1) is 5.92 Å². The summed E-state index contributed by atoms with van der Waals surface area (Å²) in [5, 5.41) is 6.10. The Labute approximate surface area is 119 Å². The number of nitrogens with one attached hydrogen (secondary N) is 2. The van der Waals surface area contributed by atoms with Gasteiger partial charge in [-0.15, -0.1) is 0 Å². The molecule has 0 aliphatic carbocycles. The molecule has 20 heavy (non-hydrogen) atoms. The zero-order chi connectivity index (χ0) is 14.4. The van der Waals surface area contributed by atoms with Crippen molar-refractivity contribution in [2.24, 2.45) is 5.92 Å². The number of carbonyl (C=O) groups is 1. The third-order valence-electron chi connectivity index (χ3n) is 3.49. The summed E-state index contributed by atoms with van der Waals surface area (Å²) in [5.41, 5.74) is 8.07. The molecule has 110 valence electrons. The van der Waals surface area contributed by atoms with Crippen LogP contribution in [-0.4, -0.2) is 32.2 Å². The minimum absolute atomic E-state index is 0.0913. The molecule has 1 saturated heterocycles. The van der Waals surface area contributed by atoms with Gasteiger partial charge in [-0.3, -0.25) is 4.79 Å². The molecule has 1 aliphatic heterocycles. The van der Waals surface area contributed by atoms with Crippen LogP contribution in [0.25, 0.3) is 0 Å². The predicted molar refractivity (Wildman–Crippen MR) is 80.9 cm³/mol. The van der Waals surface area contributed by atoms with Gasteiger partial charge in [0.1, 0.15) is 0 Å². The van der Waals surface area contributed by atoms with Crippen molar-refractivity contribution in [2.75, 3.05) is 37.4 Å². The highest BCUT2D eigenvalue weighted by Gasteiger charge is 2.14. The Morgan fingerprint density at radius 2 is 2.35 bits per heavy atom. The molecule has 2 rings (SSSR count). The lowest BCUT2D eigenvalue weighted by atomic mass is 10.0. The molecule has 1 aliphatic rings. The smallest absolute Gasteiger partial charge is 0.251 e. The zero-order valence-corrected chi connectivity index (χ0v) is 11.9. The minimum Gasteiger partial charge on any atom is -0.397 e. The van der Waals surface area contributed by atoms with Gasteiger partial charge in [-0.05, 0) is 43.9 Å². The Kier molecular flexibility index (Phi) is 5.24. The predicted octanol–water partition coefficient (Wildman–Crippen LogP) is 1.86. The average molecular weight is 277 g/mol. The van der Waals surface area contributed by atoms with Crippen LogP contribution in [0.4, 0.5) is 11.4 Å². The second kappa shape index (κ2) is 7.14. The Morgan fingerprint density at radius 1 is 1.50 bits per heavy atom. The highest BCUT2D eigenvalue weighted by molar-refractivity contribution is 5.96. The minimum atomic E-state index is -0.0913. The van der Waals surface area contributed by atoms with Gasteiger partial charge in [-0.1, -0.05) is 0 Å². The van der Waals surface area contributed by atoms with Gasteiger partial charge in [0.05, 0.1) is 18.0 Å². The summed E-state index contributed by atoms with van der Waals surface area (Å²) in [4.78, 5) is 11.7. The van der Waals surface area contributed by atoms with Crippen molar-refractivity contribution in [1.82, 2.24) is 5.32 Å². The number of amides is 1. The third kappa shape index (κ3) is 3.87. The SMILES string of the molecule is CCNC(=O)c1ccc(NCC2CCCOC2)c(N)c1. The van der Waals surface area contributed by atoms with E-state index in [1.165, 1.54) is 6.42 Å². The maximum absolute atomic E-state index is 11.7. The standard InChI is InChI=1S/C15H23N3O2/c1-2-17-15(19)12-5-6-14(13(16)8-12)18-9-11-4-3-7-20-10-11/h5-6,8,11,18H,2-4,7,9-10,16H2,1H3,(H,17,19). The highest BCUT2D eigenvalue weighted by Crippen LogP contribution is 2.21. The van der Waals surface area contributed by atoms with E-state index < -0.39 is 0 Å². The molecule has 1 heterocycles. The molecule has 0 aromatic heterocycles. The Balaban J connectivity index is 1.93. The molecule has 0 saturated carbocycles. The van der Waals surface area contributed by atoms with Gasteiger partial charge in [0.2, 0.25) is 0 Å². The van der Waals surface area contributed by atoms with E-state index in [1.54, 1.807) is 12.1 Å². The zero-order valence-electron chi connectivity index (χ0n) is 11.9. The van der Waals surface area contributed by atoms with E-state index in [0.717, 1.165) is 31.9 Å². The molecule has 0 bridgehead atoms. The molecule has 1 aromatic rings. The quantitative estimate of drug-likeness (QED) is 0.718. The molecule has 0 radical (unpaired) electrons. The first-order valence-corrected chi connectivity index (χ1v) is 7.20. The fourth-order valence-corrected chi connectivity index (χ4v) is 2.35. The molecule has 1 amide bonds. The van der Waals surface area contributed by atoms with E-state index in [9.17, 15) is 4.79 Å². The van der Waals surface area contributed by atoms with E-state index in [1.807, 2.05) is 13.0 Å². The van der Waals surface area contributed by atoms with Crippen molar-refractivity contribution in [1.29, 1.82) is 0 Å². The number of carbonyl (C=O) groups excluding carboxylic acids is 1. The summed E-state index contributed by atoms with van der Waals surface area (Å²) < 4.78 is 5.45. The van der Waals surface area contributed by atoms with Crippen LogP contribution in [0.15, 0.2) is 18.2 Å². The Morgan fingerprint density at radius 3 is 3.00 bits per heavy atom. The molecule has 1 aromatic carbocycles. The summed E-state index contributed by atoms with van der Waals surface area (Å²) in [7, 11) is 0. The number of hydrogen-bond acceptors (Lipinski definition) is 4. The van der Waals surface area contributed by atoms with E-state index >= 15 is 0 Å². The van der Waals surface area contributed by atoms with E-state index in [2.05, 4.69) is 10.6 Å². The van der Waals surface area contributed by atoms with Crippen molar-refractivity contribution in [2.45, 2.75) is 19.8 Å². The summed E-state index contributed by atoms with van der Waals surface area (Å²) in [6.45, 7) is 5.04. The molecule has 5 heteroatoms. The van der Waals surface area contributed by atoms with E-state index in [4.69, 9.17) is 10.5 Å². The molecule has 5 nitrogen and oxygen atoms in total. The third-order valence-corrected chi connectivity index (χ3v) is 3.49.